The number of hydrogen-bond donors (Lipinski definition) is 2. The smallest absolute Gasteiger partial charge is 0.255 e. The Balaban J connectivity index is 1.78. The third-order valence-electron chi connectivity index (χ3n) is 5.39. The van der Waals surface area contributed by atoms with Crippen LogP contribution in [0.3, 0.4) is 0 Å². The highest BCUT2D eigenvalue weighted by molar-refractivity contribution is 6.29. The molecule has 0 aliphatic heterocycles. The van der Waals surface area contributed by atoms with E-state index >= 15 is 0 Å². The Hall–Kier alpha value is -4.24. The Bertz CT molecular complexity index is 1420. The SMILES string of the molecule is CCOc1cc(Nc2nc(Cl)nc3cc(OC)c(OC)cc23)c(OCC)cc1NC(=O)c1ccccc1. The minimum atomic E-state index is -0.265. The minimum Gasteiger partial charge on any atom is -0.493 e. The van der Waals surface area contributed by atoms with E-state index in [2.05, 4.69) is 20.6 Å². The molecule has 0 unspecified atom stereocenters. The van der Waals surface area contributed by atoms with Gasteiger partial charge in [-0.2, -0.15) is 4.98 Å². The normalized spacial score (nSPS) is 10.6. The van der Waals surface area contributed by atoms with Crippen LogP contribution in [0.1, 0.15) is 24.2 Å². The molecule has 0 atom stereocenters. The Morgan fingerprint density at radius 3 is 2.11 bits per heavy atom. The quantitative estimate of drug-likeness (QED) is 0.241. The molecule has 0 fully saturated rings. The van der Waals surface area contributed by atoms with Crippen molar-refractivity contribution in [1.82, 2.24) is 9.97 Å². The topological polar surface area (TPSA) is 104 Å². The van der Waals surface area contributed by atoms with Crippen molar-refractivity contribution < 1.29 is 23.7 Å². The number of hydrogen-bond acceptors (Lipinski definition) is 8. The number of halogens is 1. The second-order valence-corrected chi connectivity index (χ2v) is 8.06. The zero-order chi connectivity index (χ0) is 26.4. The van der Waals surface area contributed by atoms with E-state index in [-0.39, 0.29) is 11.2 Å². The maximum absolute atomic E-state index is 12.8. The number of benzene rings is 3. The number of amides is 1. The van der Waals surface area contributed by atoms with Crippen molar-refractivity contribution in [3.05, 3.63) is 65.4 Å². The number of rotatable bonds is 10. The monoisotopic (exact) mass is 522 g/mol. The average molecular weight is 523 g/mol. The number of carbonyl (C=O) groups is 1. The number of ether oxygens (including phenoxy) is 4. The van der Waals surface area contributed by atoms with E-state index in [1.54, 1.807) is 62.8 Å². The molecule has 3 aromatic carbocycles. The highest BCUT2D eigenvalue weighted by Gasteiger charge is 2.18. The number of fused-ring (bicyclic) bond motifs is 1. The first-order chi connectivity index (χ1) is 18.0. The Kier molecular flexibility index (Phi) is 8.15. The van der Waals surface area contributed by atoms with Crippen molar-refractivity contribution in [3.63, 3.8) is 0 Å². The van der Waals surface area contributed by atoms with Crippen LogP contribution in [0.2, 0.25) is 5.28 Å². The van der Waals surface area contributed by atoms with Gasteiger partial charge in [0.25, 0.3) is 5.91 Å². The van der Waals surface area contributed by atoms with Gasteiger partial charge in [-0.3, -0.25) is 4.79 Å². The molecule has 10 heteroatoms. The van der Waals surface area contributed by atoms with E-state index in [1.165, 1.54) is 0 Å². The van der Waals surface area contributed by atoms with Crippen molar-refractivity contribution in [2.75, 3.05) is 38.1 Å². The molecule has 2 N–H and O–H groups in total. The molecule has 0 saturated carbocycles. The summed E-state index contributed by atoms with van der Waals surface area (Å²) in [5.74, 6) is 2.14. The number of nitrogens with one attached hydrogen (secondary N) is 2. The summed E-state index contributed by atoms with van der Waals surface area (Å²) in [5, 5.41) is 6.92. The minimum absolute atomic E-state index is 0.0527. The Morgan fingerprint density at radius 2 is 1.46 bits per heavy atom. The van der Waals surface area contributed by atoms with Crippen LogP contribution in [0.25, 0.3) is 10.9 Å². The average Bonchev–Trinajstić information content (AvgIpc) is 2.90. The number of anilines is 3. The summed E-state index contributed by atoms with van der Waals surface area (Å²) in [6.45, 7) is 4.52. The lowest BCUT2D eigenvalue weighted by Crippen LogP contribution is -2.13. The molecule has 0 radical (unpaired) electrons. The predicted molar refractivity (Wildman–Crippen MR) is 144 cm³/mol. The number of nitrogens with zero attached hydrogens (tertiary/aromatic N) is 2. The number of methoxy groups -OCH3 is 2. The summed E-state index contributed by atoms with van der Waals surface area (Å²) >= 11 is 6.24. The molecule has 192 valence electrons. The van der Waals surface area contributed by atoms with Crippen LogP contribution in [0.5, 0.6) is 23.0 Å². The number of carbonyl (C=O) groups excluding carboxylic acids is 1. The zero-order valence-electron chi connectivity index (χ0n) is 20.9. The molecule has 0 saturated heterocycles. The Morgan fingerprint density at radius 1 is 0.838 bits per heavy atom. The first kappa shape index (κ1) is 25.8. The first-order valence-corrected chi connectivity index (χ1v) is 12.0. The molecule has 0 aliphatic carbocycles. The van der Waals surface area contributed by atoms with Gasteiger partial charge in [0.2, 0.25) is 5.28 Å². The second kappa shape index (κ2) is 11.7. The third kappa shape index (κ3) is 5.78. The Labute approximate surface area is 219 Å². The zero-order valence-corrected chi connectivity index (χ0v) is 21.7. The highest BCUT2D eigenvalue weighted by Crippen LogP contribution is 2.41. The molecule has 0 bridgehead atoms. The fourth-order valence-electron chi connectivity index (χ4n) is 3.74. The molecule has 9 nitrogen and oxygen atoms in total. The number of aromatic nitrogens is 2. The molecule has 37 heavy (non-hydrogen) atoms. The van der Waals surface area contributed by atoms with Crippen molar-refractivity contribution in [3.8, 4) is 23.0 Å². The maximum atomic E-state index is 12.8. The van der Waals surface area contributed by atoms with Crippen LogP contribution in [-0.4, -0.2) is 43.3 Å². The fraction of sp³-hybridized carbons (Fsp3) is 0.222. The van der Waals surface area contributed by atoms with Gasteiger partial charge < -0.3 is 29.6 Å². The van der Waals surface area contributed by atoms with Crippen LogP contribution in [0.4, 0.5) is 17.2 Å². The van der Waals surface area contributed by atoms with Gasteiger partial charge in [0, 0.05) is 29.1 Å². The molecule has 1 aromatic heterocycles. The third-order valence-corrected chi connectivity index (χ3v) is 5.56. The van der Waals surface area contributed by atoms with Crippen LogP contribution in [-0.2, 0) is 0 Å². The lowest BCUT2D eigenvalue weighted by Gasteiger charge is -2.19. The van der Waals surface area contributed by atoms with E-state index in [1.807, 2.05) is 19.9 Å². The summed E-state index contributed by atoms with van der Waals surface area (Å²) in [4.78, 5) is 21.5. The van der Waals surface area contributed by atoms with E-state index < -0.39 is 0 Å². The van der Waals surface area contributed by atoms with Crippen molar-refractivity contribution in [2.45, 2.75) is 13.8 Å². The fourth-order valence-corrected chi connectivity index (χ4v) is 3.91. The summed E-state index contributed by atoms with van der Waals surface area (Å²) < 4.78 is 22.6. The van der Waals surface area contributed by atoms with Gasteiger partial charge in [0.15, 0.2) is 11.5 Å². The summed E-state index contributed by atoms with van der Waals surface area (Å²) in [7, 11) is 3.10. The molecule has 1 heterocycles. The van der Waals surface area contributed by atoms with Crippen molar-refractivity contribution in [2.24, 2.45) is 0 Å². The maximum Gasteiger partial charge on any atom is 0.255 e. The van der Waals surface area contributed by atoms with E-state index in [4.69, 9.17) is 30.5 Å². The summed E-state index contributed by atoms with van der Waals surface area (Å²) in [6.07, 6.45) is 0. The van der Waals surface area contributed by atoms with Gasteiger partial charge in [-0.05, 0) is 43.6 Å². The van der Waals surface area contributed by atoms with Gasteiger partial charge >= 0.3 is 0 Å². The van der Waals surface area contributed by atoms with Gasteiger partial charge in [-0.25, -0.2) is 4.98 Å². The lowest BCUT2D eigenvalue weighted by atomic mass is 10.1. The molecular formula is C27H27ClN4O5. The van der Waals surface area contributed by atoms with E-state index in [0.29, 0.717) is 69.9 Å². The highest BCUT2D eigenvalue weighted by atomic mass is 35.5. The largest absolute Gasteiger partial charge is 0.493 e. The molecule has 0 spiro atoms. The van der Waals surface area contributed by atoms with Crippen molar-refractivity contribution in [1.29, 1.82) is 0 Å². The molecule has 1 amide bonds. The molecular weight excluding hydrogens is 496 g/mol. The molecule has 4 aromatic rings. The van der Waals surface area contributed by atoms with Gasteiger partial charge in [-0.1, -0.05) is 18.2 Å². The molecule has 4 rings (SSSR count). The van der Waals surface area contributed by atoms with Crippen molar-refractivity contribution >= 4 is 45.6 Å². The van der Waals surface area contributed by atoms with Gasteiger partial charge in [-0.15, -0.1) is 0 Å². The summed E-state index contributed by atoms with van der Waals surface area (Å²) in [5.41, 5.74) is 2.13. The predicted octanol–water partition coefficient (Wildman–Crippen LogP) is 6.09. The van der Waals surface area contributed by atoms with Crippen LogP contribution >= 0.6 is 11.6 Å². The van der Waals surface area contributed by atoms with Crippen LogP contribution in [0, 0.1) is 0 Å². The van der Waals surface area contributed by atoms with Crippen LogP contribution in [0.15, 0.2) is 54.6 Å². The van der Waals surface area contributed by atoms with E-state index in [9.17, 15) is 4.79 Å². The van der Waals surface area contributed by atoms with Gasteiger partial charge in [0.1, 0.15) is 17.3 Å². The van der Waals surface area contributed by atoms with Gasteiger partial charge in [0.05, 0.1) is 44.3 Å². The second-order valence-electron chi connectivity index (χ2n) is 7.72. The van der Waals surface area contributed by atoms with Crippen LogP contribution < -0.4 is 29.6 Å². The lowest BCUT2D eigenvalue weighted by molar-refractivity contribution is 0.102. The standard InChI is InChI=1S/C27H27ClN4O5/c1-5-36-21-15-20(30-26(33)16-10-8-7-9-11-16)22(37-6-2)14-19(21)29-25-17-12-23(34-3)24(35-4)13-18(17)31-27(28)32-25/h7-15H,5-6H2,1-4H3,(H,30,33)(H,29,31,32). The molecule has 0 aliphatic rings. The van der Waals surface area contributed by atoms with E-state index in [0.717, 1.165) is 0 Å². The summed E-state index contributed by atoms with van der Waals surface area (Å²) in [6, 6.07) is 15.9. The first-order valence-electron chi connectivity index (χ1n) is 11.6.